The summed E-state index contributed by atoms with van der Waals surface area (Å²) in [6, 6.07) is 25.6. The predicted octanol–water partition coefficient (Wildman–Crippen LogP) is 7.31. The Morgan fingerprint density at radius 1 is 0.842 bits per heavy atom. The van der Waals surface area contributed by atoms with E-state index in [4.69, 9.17) is 4.42 Å². The molecule has 0 radical (unpaired) electrons. The van der Waals surface area contributed by atoms with Crippen molar-refractivity contribution in [3.63, 3.8) is 0 Å². The molecule has 38 heavy (non-hydrogen) atoms. The van der Waals surface area contributed by atoms with Crippen LogP contribution in [0.3, 0.4) is 0 Å². The van der Waals surface area contributed by atoms with Crippen LogP contribution in [0.5, 0.6) is 0 Å². The second-order valence-electron chi connectivity index (χ2n) is 10.5. The fourth-order valence-corrected chi connectivity index (χ4v) is 5.31. The third-order valence-corrected chi connectivity index (χ3v) is 7.57. The van der Waals surface area contributed by atoms with Crippen molar-refractivity contribution in [1.82, 2.24) is 4.98 Å². The summed E-state index contributed by atoms with van der Waals surface area (Å²) in [6.07, 6.45) is 10.3. The van der Waals surface area contributed by atoms with E-state index in [1.54, 1.807) is 12.5 Å². The Balaban J connectivity index is 1.36. The van der Waals surface area contributed by atoms with Crippen molar-refractivity contribution >= 4 is 17.3 Å². The van der Waals surface area contributed by atoms with E-state index in [0.717, 1.165) is 55.7 Å². The van der Waals surface area contributed by atoms with Crippen LogP contribution in [0.1, 0.15) is 49.1 Å². The van der Waals surface area contributed by atoms with Crippen molar-refractivity contribution in [2.24, 2.45) is 5.92 Å². The number of rotatable bonds is 9. The van der Waals surface area contributed by atoms with Gasteiger partial charge in [0.2, 0.25) is 5.91 Å². The van der Waals surface area contributed by atoms with Gasteiger partial charge in [-0.1, -0.05) is 67.8 Å². The third kappa shape index (κ3) is 6.34. The summed E-state index contributed by atoms with van der Waals surface area (Å²) < 4.78 is 5.41. The molecule has 3 aromatic carbocycles. The van der Waals surface area contributed by atoms with E-state index in [1.807, 2.05) is 4.90 Å². The maximum Gasteiger partial charge on any atom is 0.230 e. The van der Waals surface area contributed by atoms with Crippen molar-refractivity contribution in [3.8, 4) is 11.1 Å². The lowest BCUT2D eigenvalue weighted by Crippen LogP contribution is -2.36. The molecule has 196 valence electrons. The van der Waals surface area contributed by atoms with E-state index in [9.17, 15) is 4.79 Å². The predicted molar refractivity (Wildman–Crippen MR) is 154 cm³/mol. The molecule has 5 rings (SSSR count). The Labute approximate surface area is 226 Å². The average molecular weight is 508 g/mol. The number of aryl methyl sites for hydroxylation is 2. The van der Waals surface area contributed by atoms with Crippen LogP contribution in [0.4, 0.5) is 11.4 Å². The first-order valence-corrected chi connectivity index (χ1v) is 13.7. The standard InChI is InChI=1S/C33H37N3O2/c1-35(2)30-18-16-28(17-19-30)27-14-11-26(12-15-27)24-36(33(37)29-8-4-3-5-9-29)31-10-6-7-25(23-31)13-20-32-34-21-22-38-32/h6-7,10-12,14-19,21-23,29H,3-5,8-9,13,20,24H2,1-2H3. The van der Waals surface area contributed by atoms with Gasteiger partial charge in [0.1, 0.15) is 6.26 Å². The fraction of sp³-hybridized carbons (Fsp3) is 0.333. The molecule has 0 atom stereocenters. The highest BCUT2D eigenvalue weighted by atomic mass is 16.3. The maximum absolute atomic E-state index is 13.8. The lowest BCUT2D eigenvalue weighted by atomic mass is 9.88. The molecule has 1 aliphatic carbocycles. The second-order valence-corrected chi connectivity index (χ2v) is 10.5. The van der Waals surface area contributed by atoms with Gasteiger partial charge in [-0.25, -0.2) is 4.98 Å². The number of hydrogen-bond donors (Lipinski definition) is 0. The molecule has 5 nitrogen and oxygen atoms in total. The third-order valence-electron chi connectivity index (χ3n) is 7.57. The second kappa shape index (κ2) is 12.1. The summed E-state index contributed by atoms with van der Waals surface area (Å²) in [5.74, 6) is 1.09. The molecule has 1 aliphatic rings. The topological polar surface area (TPSA) is 49.6 Å². The Morgan fingerprint density at radius 3 is 2.21 bits per heavy atom. The normalized spacial score (nSPS) is 13.8. The highest BCUT2D eigenvalue weighted by Gasteiger charge is 2.27. The zero-order valence-electron chi connectivity index (χ0n) is 22.5. The quantitative estimate of drug-likeness (QED) is 0.238. The minimum absolute atomic E-state index is 0.106. The number of oxazole rings is 1. The Hall–Kier alpha value is -3.86. The summed E-state index contributed by atoms with van der Waals surface area (Å²) in [5, 5.41) is 0. The number of nitrogens with zero attached hydrogens (tertiary/aromatic N) is 3. The summed E-state index contributed by atoms with van der Waals surface area (Å²) in [4.78, 5) is 22.2. The van der Waals surface area contributed by atoms with Crippen molar-refractivity contribution in [3.05, 3.63) is 102 Å². The minimum atomic E-state index is 0.106. The van der Waals surface area contributed by atoms with E-state index in [0.29, 0.717) is 6.54 Å². The molecule has 1 fully saturated rings. The minimum Gasteiger partial charge on any atom is -0.449 e. The number of carbonyl (C=O) groups is 1. The van der Waals surface area contributed by atoms with Gasteiger partial charge in [0, 0.05) is 37.8 Å². The number of hydrogen-bond acceptors (Lipinski definition) is 4. The van der Waals surface area contributed by atoms with Crippen LogP contribution in [0.25, 0.3) is 11.1 Å². The SMILES string of the molecule is CN(C)c1ccc(-c2ccc(CN(C(=O)C3CCCCC3)c3cccc(CCc4ncco4)c3)cc2)cc1. The van der Waals surface area contributed by atoms with Crippen molar-refractivity contribution in [2.75, 3.05) is 23.9 Å². The molecule has 0 N–H and O–H groups in total. The van der Waals surface area contributed by atoms with Gasteiger partial charge < -0.3 is 14.2 Å². The number of carbonyl (C=O) groups excluding carboxylic acids is 1. The van der Waals surface area contributed by atoms with Gasteiger partial charge in [-0.2, -0.15) is 0 Å². The molecule has 0 saturated heterocycles. The van der Waals surface area contributed by atoms with E-state index in [1.165, 1.54) is 28.8 Å². The van der Waals surface area contributed by atoms with Gasteiger partial charge in [0.15, 0.2) is 5.89 Å². The summed E-state index contributed by atoms with van der Waals surface area (Å²) >= 11 is 0. The van der Waals surface area contributed by atoms with Crippen LogP contribution >= 0.6 is 0 Å². The highest BCUT2D eigenvalue weighted by molar-refractivity contribution is 5.95. The lowest BCUT2D eigenvalue weighted by molar-refractivity contribution is -0.123. The Morgan fingerprint density at radius 2 is 1.55 bits per heavy atom. The van der Waals surface area contributed by atoms with Crippen LogP contribution in [0.2, 0.25) is 0 Å². The zero-order valence-corrected chi connectivity index (χ0v) is 22.5. The van der Waals surface area contributed by atoms with Gasteiger partial charge in [-0.3, -0.25) is 4.79 Å². The van der Waals surface area contributed by atoms with Crippen LogP contribution in [0, 0.1) is 5.92 Å². The van der Waals surface area contributed by atoms with Crippen LogP contribution in [0.15, 0.2) is 89.7 Å². The summed E-state index contributed by atoms with van der Waals surface area (Å²) in [5.41, 5.74) is 6.83. The van der Waals surface area contributed by atoms with Crippen LogP contribution < -0.4 is 9.80 Å². The van der Waals surface area contributed by atoms with E-state index in [2.05, 4.69) is 96.8 Å². The number of anilines is 2. The van der Waals surface area contributed by atoms with Crippen molar-refractivity contribution < 1.29 is 9.21 Å². The Kier molecular flexibility index (Phi) is 8.22. The molecule has 0 bridgehead atoms. The first kappa shape index (κ1) is 25.8. The summed E-state index contributed by atoms with van der Waals surface area (Å²) in [6.45, 7) is 0.568. The fourth-order valence-electron chi connectivity index (χ4n) is 5.31. The van der Waals surface area contributed by atoms with Crippen molar-refractivity contribution in [2.45, 2.75) is 51.5 Å². The molecular weight excluding hydrogens is 470 g/mol. The smallest absolute Gasteiger partial charge is 0.230 e. The monoisotopic (exact) mass is 507 g/mol. The molecular formula is C33H37N3O2. The number of aromatic nitrogens is 1. The van der Waals surface area contributed by atoms with Gasteiger partial charge in [-0.05, 0) is 65.8 Å². The van der Waals surface area contributed by atoms with Crippen molar-refractivity contribution in [1.29, 1.82) is 0 Å². The molecule has 5 heteroatoms. The van der Waals surface area contributed by atoms with Gasteiger partial charge in [0.05, 0.1) is 12.7 Å². The lowest BCUT2D eigenvalue weighted by Gasteiger charge is -2.30. The average Bonchev–Trinajstić information content (AvgIpc) is 3.49. The zero-order chi connectivity index (χ0) is 26.3. The molecule has 4 aromatic rings. The van der Waals surface area contributed by atoms with E-state index < -0.39 is 0 Å². The Bertz CT molecular complexity index is 1310. The molecule has 1 aromatic heterocycles. The first-order valence-electron chi connectivity index (χ1n) is 13.7. The molecule has 1 amide bonds. The molecule has 1 saturated carbocycles. The molecule has 0 aliphatic heterocycles. The summed E-state index contributed by atoms with van der Waals surface area (Å²) in [7, 11) is 4.10. The molecule has 0 unspecified atom stereocenters. The van der Waals surface area contributed by atoms with E-state index in [-0.39, 0.29) is 11.8 Å². The number of amides is 1. The first-order chi connectivity index (χ1) is 18.6. The largest absolute Gasteiger partial charge is 0.449 e. The highest BCUT2D eigenvalue weighted by Crippen LogP contribution is 2.30. The van der Waals surface area contributed by atoms with Gasteiger partial charge in [0.25, 0.3) is 0 Å². The molecule has 0 spiro atoms. The van der Waals surface area contributed by atoms with Gasteiger partial charge in [-0.15, -0.1) is 0 Å². The maximum atomic E-state index is 13.8. The van der Waals surface area contributed by atoms with E-state index >= 15 is 0 Å². The van der Waals surface area contributed by atoms with Crippen LogP contribution in [-0.4, -0.2) is 25.0 Å². The van der Waals surface area contributed by atoms with Gasteiger partial charge >= 0.3 is 0 Å². The van der Waals surface area contributed by atoms with Crippen LogP contribution in [-0.2, 0) is 24.2 Å². The molecule has 1 heterocycles. The number of benzene rings is 3.